The fourth-order valence-corrected chi connectivity index (χ4v) is 7.81. The van der Waals surface area contributed by atoms with Gasteiger partial charge in [-0.3, -0.25) is 4.79 Å². The van der Waals surface area contributed by atoms with Crippen molar-refractivity contribution >= 4 is 5.78 Å². The largest absolute Gasteiger partial charge is 0.378 e. The molecule has 4 saturated carbocycles. The van der Waals surface area contributed by atoms with Crippen LogP contribution in [0.3, 0.4) is 0 Å². The smallest absolute Gasteiger partial charge is 0.136 e. The topological polar surface area (TPSA) is 35.5 Å². The fourth-order valence-electron chi connectivity index (χ4n) is 7.81. The van der Waals surface area contributed by atoms with Crippen LogP contribution in [0.15, 0.2) is 0 Å². The highest BCUT2D eigenvalue weighted by molar-refractivity contribution is 5.83. The highest BCUT2D eigenvalue weighted by Crippen LogP contribution is 2.65. The van der Waals surface area contributed by atoms with Gasteiger partial charge in [-0.2, -0.15) is 0 Å². The molecule has 0 N–H and O–H groups in total. The SMILES string of the molecule is CCCO[C@@H]1CC[C@@]2(C)[C@@H](CC(=O)[C@H]3[C@H]2CC[C@]2(C)[C@@H](OCCC)CC[C@H]32)C1. The highest BCUT2D eigenvalue weighted by atomic mass is 16.5. The van der Waals surface area contributed by atoms with Crippen LogP contribution in [-0.4, -0.2) is 31.2 Å². The van der Waals surface area contributed by atoms with Gasteiger partial charge in [0.2, 0.25) is 0 Å². The first-order valence-corrected chi connectivity index (χ1v) is 12.2. The molecule has 0 aliphatic heterocycles. The van der Waals surface area contributed by atoms with Gasteiger partial charge in [0.1, 0.15) is 5.78 Å². The minimum absolute atomic E-state index is 0.219. The van der Waals surface area contributed by atoms with Gasteiger partial charge in [0, 0.05) is 25.6 Å². The molecule has 0 bridgehead atoms. The number of carbonyl (C=O) groups is 1. The van der Waals surface area contributed by atoms with Gasteiger partial charge in [0.25, 0.3) is 0 Å². The van der Waals surface area contributed by atoms with E-state index in [4.69, 9.17) is 9.47 Å². The van der Waals surface area contributed by atoms with Crippen LogP contribution in [0.1, 0.15) is 91.9 Å². The molecule has 0 saturated heterocycles. The minimum atomic E-state index is 0.219. The summed E-state index contributed by atoms with van der Waals surface area (Å²) in [7, 11) is 0. The van der Waals surface area contributed by atoms with Crippen LogP contribution in [-0.2, 0) is 14.3 Å². The molecular formula is C25H42O3. The van der Waals surface area contributed by atoms with Crippen molar-refractivity contribution in [3.8, 4) is 0 Å². The number of ketones is 1. The van der Waals surface area contributed by atoms with E-state index >= 15 is 0 Å². The lowest BCUT2D eigenvalue weighted by Gasteiger charge is -2.60. The Hall–Kier alpha value is -0.410. The molecule has 3 heteroatoms. The number of Topliss-reactive ketones (excluding diaryl/α,β-unsaturated/α-hetero) is 1. The molecule has 0 aromatic rings. The molecule has 0 heterocycles. The van der Waals surface area contributed by atoms with Crippen molar-refractivity contribution in [2.45, 2.75) is 104 Å². The lowest BCUT2D eigenvalue weighted by molar-refractivity contribution is -0.166. The van der Waals surface area contributed by atoms with Crippen molar-refractivity contribution in [2.75, 3.05) is 13.2 Å². The maximum Gasteiger partial charge on any atom is 0.136 e. The molecule has 4 aliphatic rings. The third kappa shape index (κ3) is 3.29. The quantitative estimate of drug-likeness (QED) is 0.575. The lowest BCUT2D eigenvalue weighted by Crippen LogP contribution is -2.57. The maximum absolute atomic E-state index is 13.5. The summed E-state index contributed by atoms with van der Waals surface area (Å²) >= 11 is 0. The second-order valence-electron chi connectivity index (χ2n) is 10.9. The first-order valence-electron chi connectivity index (χ1n) is 12.2. The Morgan fingerprint density at radius 3 is 2.32 bits per heavy atom. The highest BCUT2D eigenvalue weighted by Gasteiger charge is 2.63. The van der Waals surface area contributed by atoms with Gasteiger partial charge >= 0.3 is 0 Å². The van der Waals surface area contributed by atoms with Crippen LogP contribution < -0.4 is 0 Å². The van der Waals surface area contributed by atoms with Gasteiger partial charge in [-0.15, -0.1) is 0 Å². The zero-order valence-corrected chi connectivity index (χ0v) is 18.7. The van der Waals surface area contributed by atoms with E-state index in [2.05, 4.69) is 27.7 Å². The average Bonchev–Trinajstić information content (AvgIpc) is 3.01. The van der Waals surface area contributed by atoms with E-state index in [0.29, 0.717) is 47.1 Å². The zero-order valence-electron chi connectivity index (χ0n) is 18.7. The normalized spacial score (nSPS) is 48.1. The second-order valence-corrected chi connectivity index (χ2v) is 10.9. The van der Waals surface area contributed by atoms with Crippen LogP contribution in [0.25, 0.3) is 0 Å². The Balaban J connectivity index is 1.52. The monoisotopic (exact) mass is 390 g/mol. The Morgan fingerprint density at radius 2 is 1.57 bits per heavy atom. The van der Waals surface area contributed by atoms with Crippen molar-refractivity contribution in [2.24, 2.45) is 34.5 Å². The van der Waals surface area contributed by atoms with E-state index in [-0.39, 0.29) is 5.41 Å². The van der Waals surface area contributed by atoms with Crippen molar-refractivity contribution in [1.82, 2.24) is 0 Å². The lowest BCUT2D eigenvalue weighted by atomic mass is 9.45. The number of rotatable bonds is 6. The molecule has 0 aromatic carbocycles. The van der Waals surface area contributed by atoms with E-state index in [1.165, 1.54) is 32.1 Å². The van der Waals surface area contributed by atoms with Crippen LogP contribution in [0.2, 0.25) is 0 Å². The number of hydrogen-bond donors (Lipinski definition) is 0. The Bertz CT molecular complexity index is 574. The number of fused-ring (bicyclic) bond motifs is 5. The summed E-state index contributed by atoms with van der Waals surface area (Å²) in [5.74, 6) is 2.55. The molecule has 4 rings (SSSR count). The molecule has 160 valence electrons. The Kier molecular flexibility index (Phi) is 5.97. The van der Waals surface area contributed by atoms with Crippen LogP contribution in [0.4, 0.5) is 0 Å². The Morgan fingerprint density at radius 1 is 0.893 bits per heavy atom. The van der Waals surface area contributed by atoms with Gasteiger partial charge < -0.3 is 9.47 Å². The molecule has 0 unspecified atom stereocenters. The number of carbonyl (C=O) groups excluding carboxylic acids is 1. The molecule has 28 heavy (non-hydrogen) atoms. The van der Waals surface area contributed by atoms with Gasteiger partial charge in [0.15, 0.2) is 0 Å². The first kappa shape index (κ1) is 20.8. The van der Waals surface area contributed by atoms with E-state index in [1.54, 1.807) is 0 Å². The minimum Gasteiger partial charge on any atom is -0.378 e. The van der Waals surface area contributed by atoms with Crippen molar-refractivity contribution in [3.05, 3.63) is 0 Å². The summed E-state index contributed by atoms with van der Waals surface area (Å²) in [6, 6.07) is 0. The molecule has 8 atom stereocenters. The van der Waals surface area contributed by atoms with Crippen LogP contribution in [0.5, 0.6) is 0 Å². The van der Waals surface area contributed by atoms with Crippen molar-refractivity contribution in [3.63, 3.8) is 0 Å². The zero-order chi connectivity index (χ0) is 19.9. The third-order valence-electron chi connectivity index (χ3n) is 9.42. The van der Waals surface area contributed by atoms with E-state index < -0.39 is 0 Å². The molecule has 0 amide bonds. The molecule has 0 aromatic heterocycles. The molecule has 4 fully saturated rings. The second kappa shape index (κ2) is 8.02. The fraction of sp³-hybridized carbons (Fsp3) is 0.960. The van der Waals surface area contributed by atoms with E-state index in [9.17, 15) is 4.79 Å². The van der Waals surface area contributed by atoms with Crippen molar-refractivity contribution in [1.29, 1.82) is 0 Å². The average molecular weight is 391 g/mol. The van der Waals surface area contributed by atoms with Crippen LogP contribution in [0, 0.1) is 34.5 Å². The number of hydrogen-bond acceptors (Lipinski definition) is 3. The first-order chi connectivity index (χ1) is 13.4. The molecule has 0 spiro atoms. The van der Waals surface area contributed by atoms with Gasteiger partial charge in [-0.1, -0.05) is 27.7 Å². The predicted molar refractivity (Wildman–Crippen MR) is 112 cm³/mol. The van der Waals surface area contributed by atoms with E-state index in [1.807, 2.05) is 0 Å². The summed E-state index contributed by atoms with van der Waals surface area (Å²) in [5.41, 5.74) is 0.560. The van der Waals surface area contributed by atoms with Crippen LogP contribution >= 0.6 is 0 Å². The summed E-state index contributed by atoms with van der Waals surface area (Å²) in [6.07, 6.45) is 12.1. The maximum atomic E-state index is 13.5. The number of ether oxygens (including phenoxy) is 2. The summed E-state index contributed by atoms with van der Waals surface area (Å²) in [4.78, 5) is 13.5. The summed E-state index contributed by atoms with van der Waals surface area (Å²) in [5, 5.41) is 0. The van der Waals surface area contributed by atoms with Gasteiger partial charge in [-0.25, -0.2) is 0 Å². The molecule has 0 radical (unpaired) electrons. The molecule has 3 nitrogen and oxygen atoms in total. The van der Waals surface area contributed by atoms with E-state index in [0.717, 1.165) is 45.3 Å². The summed E-state index contributed by atoms with van der Waals surface area (Å²) in [6.45, 7) is 11.1. The van der Waals surface area contributed by atoms with Gasteiger partial charge in [0.05, 0.1) is 12.2 Å². The van der Waals surface area contributed by atoms with Crippen molar-refractivity contribution < 1.29 is 14.3 Å². The standard InChI is InChI=1S/C25H42O3/c1-5-13-27-18-9-11-24(3)17(15-18)16-21(26)23-19-7-8-22(28-14-6-2)25(19,4)12-10-20(23)24/h17-20,22-23H,5-16H2,1-4H3/t17-,18-,19-,20-,22+,23-,24+,25+/m1/s1. The van der Waals surface area contributed by atoms with Gasteiger partial charge in [-0.05, 0) is 86.4 Å². The predicted octanol–water partition coefficient (Wildman–Crippen LogP) is 5.80. The molecular weight excluding hydrogens is 348 g/mol. The molecule has 4 aliphatic carbocycles. The Labute approximate surface area is 172 Å². The summed E-state index contributed by atoms with van der Waals surface area (Å²) < 4.78 is 12.4. The third-order valence-corrected chi connectivity index (χ3v) is 9.42.